The second kappa shape index (κ2) is 7.13. The average Bonchev–Trinajstić information content (AvgIpc) is 2.10. The first-order chi connectivity index (χ1) is 5.72. The van der Waals surface area contributed by atoms with Gasteiger partial charge in [0.25, 0.3) is 0 Å². The van der Waals surface area contributed by atoms with Crippen molar-refractivity contribution in [2.45, 2.75) is 12.5 Å². The lowest BCUT2D eigenvalue weighted by atomic mass is 10.1. The number of hydrogen-bond acceptors (Lipinski definition) is 3. The maximum Gasteiger partial charge on any atom is 0.142 e. The van der Waals surface area contributed by atoms with Crippen molar-refractivity contribution in [3.05, 3.63) is 24.3 Å². The van der Waals surface area contributed by atoms with E-state index in [1.54, 1.807) is 17.8 Å². The SMILES string of the molecule is C=C(/C=C/C=O)[C@@H](N)CCSC. The van der Waals surface area contributed by atoms with Crippen LogP contribution in [-0.4, -0.2) is 24.3 Å². The molecule has 0 aliphatic rings. The smallest absolute Gasteiger partial charge is 0.142 e. The van der Waals surface area contributed by atoms with Gasteiger partial charge in [0.15, 0.2) is 0 Å². The molecule has 0 bridgehead atoms. The van der Waals surface area contributed by atoms with E-state index in [0.717, 1.165) is 24.0 Å². The molecule has 0 saturated heterocycles. The summed E-state index contributed by atoms with van der Waals surface area (Å²) in [6.07, 6.45) is 6.76. The van der Waals surface area contributed by atoms with Crippen molar-refractivity contribution in [3.8, 4) is 0 Å². The minimum Gasteiger partial charge on any atom is -0.324 e. The maximum atomic E-state index is 9.97. The van der Waals surface area contributed by atoms with Gasteiger partial charge in [0.2, 0.25) is 0 Å². The van der Waals surface area contributed by atoms with Crippen LogP contribution in [0, 0.1) is 0 Å². The fraction of sp³-hybridized carbons (Fsp3) is 0.444. The summed E-state index contributed by atoms with van der Waals surface area (Å²) in [5.41, 5.74) is 6.58. The molecule has 1 atom stereocenters. The molecule has 0 aromatic heterocycles. The number of hydrogen-bond donors (Lipinski definition) is 1. The van der Waals surface area contributed by atoms with Gasteiger partial charge < -0.3 is 5.73 Å². The summed E-state index contributed by atoms with van der Waals surface area (Å²) in [6.45, 7) is 3.77. The molecule has 0 saturated carbocycles. The van der Waals surface area contributed by atoms with Gasteiger partial charge in [-0.3, -0.25) is 4.79 Å². The molecule has 0 rings (SSSR count). The monoisotopic (exact) mass is 185 g/mol. The van der Waals surface area contributed by atoms with Gasteiger partial charge in [-0.2, -0.15) is 11.8 Å². The van der Waals surface area contributed by atoms with Gasteiger partial charge in [0.1, 0.15) is 6.29 Å². The first-order valence-corrected chi connectivity index (χ1v) is 5.17. The Kier molecular flexibility index (Phi) is 6.81. The largest absolute Gasteiger partial charge is 0.324 e. The summed E-state index contributed by atoms with van der Waals surface area (Å²) in [4.78, 5) is 9.97. The molecule has 0 aromatic rings. The molecular formula is C9H15NOS. The van der Waals surface area contributed by atoms with Crippen LogP contribution in [0.3, 0.4) is 0 Å². The molecule has 0 spiro atoms. The lowest BCUT2D eigenvalue weighted by Gasteiger charge is -2.09. The zero-order valence-electron chi connectivity index (χ0n) is 7.32. The van der Waals surface area contributed by atoms with E-state index in [2.05, 4.69) is 6.58 Å². The third-order valence-corrected chi connectivity index (χ3v) is 2.14. The molecule has 0 unspecified atom stereocenters. The second-order valence-electron chi connectivity index (χ2n) is 2.46. The predicted molar refractivity (Wildman–Crippen MR) is 55.3 cm³/mol. The van der Waals surface area contributed by atoms with Crippen LogP contribution in [0.5, 0.6) is 0 Å². The highest BCUT2D eigenvalue weighted by Crippen LogP contribution is 2.06. The van der Waals surface area contributed by atoms with E-state index in [-0.39, 0.29) is 6.04 Å². The van der Waals surface area contributed by atoms with Gasteiger partial charge in [-0.25, -0.2) is 0 Å². The van der Waals surface area contributed by atoms with Crippen molar-refractivity contribution in [2.24, 2.45) is 5.73 Å². The molecule has 2 nitrogen and oxygen atoms in total. The number of allylic oxidation sites excluding steroid dienone is 1. The van der Waals surface area contributed by atoms with E-state index in [9.17, 15) is 4.79 Å². The van der Waals surface area contributed by atoms with Crippen molar-refractivity contribution >= 4 is 18.0 Å². The number of aldehydes is 1. The summed E-state index contributed by atoms with van der Waals surface area (Å²) in [5.74, 6) is 1.02. The number of rotatable bonds is 6. The van der Waals surface area contributed by atoms with E-state index in [1.165, 1.54) is 6.08 Å². The van der Waals surface area contributed by atoms with Crippen molar-refractivity contribution in [3.63, 3.8) is 0 Å². The quantitative estimate of drug-likeness (QED) is 0.386. The highest BCUT2D eigenvalue weighted by Gasteiger charge is 2.02. The number of carbonyl (C=O) groups is 1. The molecule has 3 heteroatoms. The van der Waals surface area contributed by atoms with Crippen LogP contribution in [-0.2, 0) is 4.79 Å². The van der Waals surface area contributed by atoms with Gasteiger partial charge in [-0.05, 0) is 30.1 Å². The summed E-state index contributed by atoms with van der Waals surface area (Å²) >= 11 is 1.76. The minimum atomic E-state index is -0.0198. The summed E-state index contributed by atoms with van der Waals surface area (Å²) in [5, 5.41) is 0. The molecule has 0 radical (unpaired) electrons. The highest BCUT2D eigenvalue weighted by atomic mass is 32.2. The van der Waals surface area contributed by atoms with Crippen LogP contribution in [0.2, 0.25) is 0 Å². The van der Waals surface area contributed by atoms with Gasteiger partial charge >= 0.3 is 0 Å². The van der Waals surface area contributed by atoms with Crippen LogP contribution >= 0.6 is 11.8 Å². The van der Waals surface area contributed by atoms with Gasteiger partial charge in [-0.1, -0.05) is 12.7 Å². The topological polar surface area (TPSA) is 43.1 Å². The number of nitrogens with two attached hydrogens (primary N) is 1. The first-order valence-electron chi connectivity index (χ1n) is 3.77. The van der Waals surface area contributed by atoms with E-state index in [1.807, 2.05) is 6.26 Å². The van der Waals surface area contributed by atoms with Crippen molar-refractivity contribution in [1.82, 2.24) is 0 Å². The van der Waals surface area contributed by atoms with E-state index >= 15 is 0 Å². The summed E-state index contributed by atoms with van der Waals surface area (Å²) < 4.78 is 0. The van der Waals surface area contributed by atoms with Gasteiger partial charge in [-0.15, -0.1) is 0 Å². The van der Waals surface area contributed by atoms with Gasteiger partial charge in [0, 0.05) is 6.04 Å². The molecule has 0 aromatic carbocycles. The average molecular weight is 185 g/mol. The molecule has 12 heavy (non-hydrogen) atoms. The third kappa shape index (κ3) is 5.16. The second-order valence-corrected chi connectivity index (χ2v) is 3.44. The summed E-state index contributed by atoms with van der Waals surface area (Å²) in [6, 6.07) is -0.0198. The van der Waals surface area contributed by atoms with Gasteiger partial charge in [0.05, 0.1) is 0 Å². The van der Waals surface area contributed by atoms with Crippen LogP contribution in [0.4, 0.5) is 0 Å². The predicted octanol–water partition coefficient (Wildman–Crippen LogP) is 1.38. The third-order valence-electron chi connectivity index (χ3n) is 1.50. The number of carbonyl (C=O) groups excluding carboxylic acids is 1. The molecule has 2 N–H and O–H groups in total. The Morgan fingerprint density at radius 1 is 1.75 bits per heavy atom. The molecule has 0 fully saturated rings. The zero-order chi connectivity index (χ0) is 9.40. The van der Waals surface area contributed by atoms with Crippen molar-refractivity contribution in [1.29, 1.82) is 0 Å². The van der Waals surface area contributed by atoms with E-state index < -0.39 is 0 Å². The highest BCUT2D eigenvalue weighted by molar-refractivity contribution is 7.98. The first kappa shape index (κ1) is 11.5. The van der Waals surface area contributed by atoms with Crippen LogP contribution in [0.1, 0.15) is 6.42 Å². The fourth-order valence-corrected chi connectivity index (χ4v) is 1.21. The molecule has 0 amide bonds. The lowest BCUT2D eigenvalue weighted by molar-refractivity contribution is -0.104. The molecule has 68 valence electrons. The Balaban J connectivity index is 3.76. The number of thioether (sulfide) groups is 1. The van der Waals surface area contributed by atoms with E-state index in [0.29, 0.717) is 0 Å². The molecular weight excluding hydrogens is 170 g/mol. The fourth-order valence-electron chi connectivity index (χ4n) is 0.717. The Hall–Kier alpha value is -0.540. The van der Waals surface area contributed by atoms with Crippen LogP contribution < -0.4 is 5.73 Å². The Labute approximate surface area is 77.9 Å². The Morgan fingerprint density at radius 3 is 2.92 bits per heavy atom. The maximum absolute atomic E-state index is 9.97. The summed E-state index contributed by atoms with van der Waals surface area (Å²) in [7, 11) is 0. The van der Waals surface area contributed by atoms with Crippen molar-refractivity contribution < 1.29 is 4.79 Å². The molecule has 0 aliphatic carbocycles. The Morgan fingerprint density at radius 2 is 2.42 bits per heavy atom. The van der Waals surface area contributed by atoms with Crippen LogP contribution in [0.15, 0.2) is 24.3 Å². The molecule has 0 heterocycles. The Bertz CT molecular complexity index is 177. The minimum absolute atomic E-state index is 0.0198. The lowest BCUT2D eigenvalue weighted by Crippen LogP contribution is -2.21. The molecule has 0 aliphatic heterocycles. The zero-order valence-corrected chi connectivity index (χ0v) is 8.14. The standard InChI is InChI=1S/C9H15NOS/c1-8(4-3-6-11)9(10)5-7-12-2/h3-4,6,9H,1,5,7,10H2,2H3/b4-3+/t9-/m0/s1. The normalized spacial score (nSPS) is 13.2. The van der Waals surface area contributed by atoms with E-state index in [4.69, 9.17) is 5.73 Å². The van der Waals surface area contributed by atoms with Crippen LogP contribution in [0.25, 0.3) is 0 Å². The van der Waals surface area contributed by atoms with Crippen molar-refractivity contribution in [2.75, 3.05) is 12.0 Å².